The van der Waals surface area contributed by atoms with Gasteiger partial charge in [-0.1, -0.05) is 0 Å². The van der Waals surface area contributed by atoms with Gasteiger partial charge in [-0.05, 0) is 34.1 Å². The third-order valence-electron chi connectivity index (χ3n) is 2.08. The van der Waals surface area contributed by atoms with Gasteiger partial charge in [-0.25, -0.2) is 0 Å². The minimum atomic E-state index is -5.80. The maximum absolute atomic E-state index is 12.6. The fourth-order valence-electron chi connectivity index (χ4n) is 1.04. The van der Waals surface area contributed by atoms with Gasteiger partial charge in [-0.2, -0.15) is 35.1 Å². The molecule has 0 amide bonds. The summed E-state index contributed by atoms with van der Waals surface area (Å²) in [7, 11) is 0. The van der Waals surface area contributed by atoms with Crippen molar-refractivity contribution in [1.29, 1.82) is 0 Å². The monoisotopic (exact) mass is 372 g/mol. The predicted molar refractivity (Wildman–Crippen MR) is 55.6 cm³/mol. The van der Waals surface area contributed by atoms with Gasteiger partial charge in [0.25, 0.3) is 0 Å². The van der Waals surface area contributed by atoms with Crippen LogP contribution in [0.1, 0.15) is 5.56 Å². The largest absolute Gasteiger partial charge is 0.486 e. The normalized spacial score (nSPS) is 13.4. The highest BCUT2D eigenvalue weighted by atomic mass is 79.9. The highest BCUT2D eigenvalue weighted by Gasteiger charge is 2.58. The van der Waals surface area contributed by atoms with E-state index in [4.69, 9.17) is 0 Å². The molecule has 0 heterocycles. The van der Waals surface area contributed by atoms with Gasteiger partial charge in [0.15, 0.2) is 6.61 Å². The second-order valence-electron chi connectivity index (χ2n) is 3.63. The molecule has 0 N–H and O–H groups in total. The Kier molecular flexibility index (Phi) is 4.57. The van der Waals surface area contributed by atoms with Crippen molar-refractivity contribution in [3.05, 3.63) is 28.2 Å². The molecule has 1 aromatic rings. The zero-order valence-electron chi connectivity index (χ0n) is 9.25. The summed E-state index contributed by atoms with van der Waals surface area (Å²) in [6.07, 6.45) is -10.5. The Morgan fingerprint density at radius 1 is 0.950 bits per heavy atom. The summed E-state index contributed by atoms with van der Waals surface area (Å²) in [6.45, 7) is -2.03. The standard InChI is InChI=1S/C10H5BrF8O/c11-6-3-5(9(14,15)16)1-2-7(6)20-4-8(12,13)10(17,18)19/h1-3H,4H2. The summed E-state index contributed by atoms with van der Waals surface area (Å²) >= 11 is 2.61. The second-order valence-corrected chi connectivity index (χ2v) is 4.49. The Labute approximate surface area is 115 Å². The van der Waals surface area contributed by atoms with E-state index in [0.29, 0.717) is 18.2 Å². The maximum Gasteiger partial charge on any atom is 0.456 e. The van der Waals surface area contributed by atoms with Crippen molar-refractivity contribution < 1.29 is 39.9 Å². The lowest BCUT2D eigenvalue weighted by Crippen LogP contribution is -2.41. The van der Waals surface area contributed by atoms with E-state index in [0.717, 1.165) is 0 Å². The number of halogens is 9. The number of rotatable bonds is 3. The van der Waals surface area contributed by atoms with Crippen molar-refractivity contribution >= 4 is 15.9 Å². The molecular formula is C10H5BrF8O. The molecule has 0 aliphatic heterocycles. The van der Waals surface area contributed by atoms with Gasteiger partial charge >= 0.3 is 18.3 Å². The van der Waals surface area contributed by atoms with Crippen LogP contribution in [0.25, 0.3) is 0 Å². The van der Waals surface area contributed by atoms with Crippen LogP contribution in [0.2, 0.25) is 0 Å². The third kappa shape index (κ3) is 3.97. The van der Waals surface area contributed by atoms with E-state index < -0.39 is 36.2 Å². The molecule has 0 atom stereocenters. The van der Waals surface area contributed by atoms with E-state index in [1.54, 1.807) is 0 Å². The van der Waals surface area contributed by atoms with E-state index in [1.165, 1.54) is 0 Å². The molecule has 1 rings (SSSR count). The lowest BCUT2D eigenvalue weighted by molar-refractivity contribution is -0.290. The number of hydrogen-bond acceptors (Lipinski definition) is 1. The van der Waals surface area contributed by atoms with Crippen molar-refractivity contribution in [1.82, 2.24) is 0 Å². The number of ether oxygens (including phenoxy) is 1. The van der Waals surface area contributed by atoms with E-state index in [-0.39, 0.29) is 4.47 Å². The van der Waals surface area contributed by atoms with Crippen molar-refractivity contribution in [3.63, 3.8) is 0 Å². The fourth-order valence-corrected chi connectivity index (χ4v) is 1.54. The van der Waals surface area contributed by atoms with E-state index >= 15 is 0 Å². The van der Waals surface area contributed by atoms with Crippen LogP contribution in [0.5, 0.6) is 5.75 Å². The lowest BCUT2D eigenvalue weighted by Gasteiger charge is -2.20. The van der Waals surface area contributed by atoms with Gasteiger partial charge in [0, 0.05) is 0 Å². The van der Waals surface area contributed by atoms with Crippen LogP contribution in [-0.4, -0.2) is 18.7 Å². The Bertz CT molecular complexity index is 479. The highest BCUT2D eigenvalue weighted by Crippen LogP contribution is 2.38. The van der Waals surface area contributed by atoms with Gasteiger partial charge < -0.3 is 4.74 Å². The van der Waals surface area contributed by atoms with Crippen molar-refractivity contribution in [2.75, 3.05) is 6.61 Å². The Morgan fingerprint density at radius 2 is 1.50 bits per heavy atom. The number of benzene rings is 1. The molecule has 0 saturated carbocycles. The molecule has 1 nitrogen and oxygen atoms in total. The first-order chi connectivity index (χ1) is 8.84. The van der Waals surface area contributed by atoms with Gasteiger partial charge in [0.1, 0.15) is 5.75 Å². The van der Waals surface area contributed by atoms with Crippen LogP contribution in [0, 0.1) is 0 Å². The summed E-state index contributed by atoms with van der Waals surface area (Å²) in [5.74, 6) is -5.66. The minimum absolute atomic E-state index is 0.384. The maximum atomic E-state index is 12.6. The van der Waals surface area contributed by atoms with Crippen LogP contribution < -0.4 is 4.74 Å². The van der Waals surface area contributed by atoms with Gasteiger partial charge in [0.2, 0.25) is 0 Å². The Balaban J connectivity index is 2.86. The molecule has 0 fully saturated rings. The third-order valence-corrected chi connectivity index (χ3v) is 2.70. The van der Waals surface area contributed by atoms with Crippen LogP contribution in [-0.2, 0) is 6.18 Å². The fraction of sp³-hybridized carbons (Fsp3) is 0.400. The molecule has 0 aromatic heterocycles. The van der Waals surface area contributed by atoms with E-state index in [9.17, 15) is 35.1 Å². The number of hydrogen-bond donors (Lipinski definition) is 0. The van der Waals surface area contributed by atoms with Gasteiger partial charge in [0.05, 0.1) is 10.0 Å². The topological polar surface area (TPSA) is 9.23 Å². The molecule has 0 aliphatic carbocycles. The SMILES string of the molecule is FC(F)(F)c1ccc(OCC(F)(F)C(F)(F)F)c(Br)c1. The quantitative estimate of drug-likeness (QED) is 0.675. The Hall–Kier alpha value is -1.06. The molecule has 114 valence electrons. The number of alkyl halides is 8. The van der Waals surface area contributed by atoms with Gasteiger partial charge in [-0.3, -0.25) is 0 Å². The molecule has 0 spiro atoms. The summed E-state index contributed by atoms with van der Waals surface area (Å²) in [6, 6.07) is 1.67. The molecule has 0 aliphatic rings. The first-order valence-corrected chi connectivity index (χ1v) is 5.58. The molecule has 0 saturated heterocycles. The van der Waals surface area contributed by atoms with Crippen LogP contribution in [0.4, 0.5) is 35.1 Å². The molecule has 0 radical (unpaired) electrons. The molecule has 0 unspecified atom stereocenters. The van der Waals surface area contributed by atoms with Gasteiger partial charge in [-0.15, -0.1) is 0 Å². The zero-order valence-corrected chi connectivity index (χ0v) is 10.8. The molecular weight excluding hydrogens is 368 g/mol. The summed E-state index contributed by atoms with van der Waals surface area (Å²) in [5, 5.41) is 0. The first kappa shape index (κ1) is 17.0. The smallest absolute Gasteiger partial charge is 0.456 e. The van der Waals surface area contributed by atoms with Crippen molar-refractivity contribution in [2.24, 2.45) is 0 Å². The second kappa shape index (κ2) is 5.38. The van der Waals surface area contributed by atoms with Crippen LogP contribution >= 0.6 is 15.9 Å². The first-order valence-electron chi connectivity index (χ1n) is 4.79. The summed E-state index contributed by atoms with van der Waals surface area (Å²) < 4.78 is 101. The molecule has 10 heteroatoms. The van der Waals surface area contributed by atoms with Crippen LogP contribution in [0.15, 0.2) is 22.7 Å². The van der Waals surface area contributed by atoms with E-state index in [2.05, 4.69) is 20.7 Å². The predicted octanol–water partition coefficient (Wildman–Crippen LogP) is 5.04. The minimum Gasteiger partial charge on any atom is -0.486 e. The molecule has 0 bridgehead atoms. The average molecular weight is 373 g/mol. The van der Waals surface area contributed by atoms with Crippen LogP contribution in [0.3, 0.4) is 0 Å². The average Bonchev–Trinajstić information content (AvgIpc) is 2.24. The summed E-state index contributed by atoms with van der Waals surface area (Å²) in [5.41, 5.74) is -1.10. The van der Waals surface area contributed by atoms with Crippen molar-refractivity contribution in [2.45, 2.75) is 18.3 Å². The molecule has 1 aromatic carbocycles. The Morgan fingerprint density at radius 3 is 1.90 bits per heavy atom. The van der Waals surface area contributed by atoms with E-state index in [1.807, 2.05) is 0 Å². The highest BCUT2D eigenvalue weighted by molar-refractivity contribution is 9.10. The molecule has 20 heavy (non-hydrogen) atoms. The zero-order chi connectivity index (χ0) is 15.8. The lowest BCUT2D eigenvalue weighted by atomic mass is 10.2. The summed E-state index contributed by atoms with van der Waals surface area (Å²) in [4.78, 5) is 0. The van der Waals surface area contributed by atoms with Crippen molar-refractivity contribution in [3.8, 4) is 5.75 Å².